The van der Waals surface area contributed by atoms with E-state index in [9.17, 15) is 13.2 Å². The zero-order valence-corrected chi connectivity index (χ0v) is 7.82. The number of nitrogens with one attached hydrogen (secondary N) is 1. The zero-order chi connectivity index (χ0) is 11.2. The molecule has 0 aliphatic heterocycles. The number of hydrogen-bond donors (Lipinski definition) is 2. The third-order valence-electron chi connectivity index (χ3n) is 1.82. The first kappa shape index (κ1) is 10.1. The number of aromatic amines is 1. The Kier molecular flexibility index (Phi) is 2.04. The third-order valence-corrected chi connectivity index (χ3v) is 2.12. The molecular formula is C8H4ClF3N2O. The number of benzene rings is 1. The lowest BCUT2D eigenvalue weighted by molar-refractivity contribution is -0.144. The molecule has 0 bridgehead atoms. The number of halogens is 4. The van der Waals surface area contributed by atoms with E-state index in [1.807, 2.05) is 0 Å². The fraction of sp³-hybridized carbons (Fsp3) is 0.125. The minimum atomic E-state index is -4.54. The summed E-state index contributed by atoms with van der Waals surface area (Å²) in [5.41, 5.74) is 0.148. The van der Waals surface area contributed by atoms with Crippen LogP contribution in [0.25, 0.3) is 11.0 Å². The summed E-state index contributed by atoms with van der Waals surface area (Å²) in [5, 5.41) is 9.13. The van der Waals surface area contributed by atoms with Crippen molar-refractivity contribution in [2.24, 2.45) is 0 Å². The molecule has 0 spiro atoms. The second-order valence-corrected chi connectivity index (χ2v) is 3.31. The summed E-state index contributed by atoms with van der Waals surface area (Å²) in [6.45, 7) is 0. The number of phenolic OH excluding ortho intramolecular Hbond substituents is 1. The fourth-order valence-corrected chi connectivity index (χ4v) is 1.32. The molecule has 0 amide bonds. The summed E-state index contributed by atoms with van der Waals surface area (Å²) in [7, 11) is 0. The van der Waals surface area contributed by atoms with Gasteiger partial charge in [-0.25, -0.2) is 4.98 Å². The van der Waals surface area contributed by atoms with E-state index in [0.717, 1.165) is 6.07 Å². The summed E-state index contributed by atoms with van der Waals surface area (Å²) in [5.74, 6) is -1.41. The van der Waals surface area contributed by atoms with E-state index in [4.69, 9.17) is 16.7 Å². The molecule has 1 heterocycles. The molecular weight excluding hydrogens is 233 g/mol. The summed E-state index contributed by atoms with van der Waals surface area (Å²) in [6.07, 6.45) is -4.54. The molecule has 0 atom stereocenters. The first-order chi connectivity index (χ1) is 6.88. The fourth-order valence-electron chi connectivity index (χ4n) is 1.15. The minimum absolute atomic E-state index is 0.0178. The highest BCUT2D eigenvalue weighted by Gasteiger charge is 2.34. The van der Waals surface area contributed by atoms with E-state index in [-0.39, 0.29) is 21.8 Å². The Morgan fingerprint density at radius 1 is 1.33 bits per heavy atom. The van der Waals surface area contributed by atoms with Crippen LogP contribution in [-0.4, -0.2) is 15.1 Å². The maximum absolute atomic E-state index is 12.2. The van der Waals surface area contributed by atoms with Crippen molar-refractivity contribution in [3.05, 3.63) is 23.0 Å². The highest BCUT2D eigenvalue weighted by atomic mass is 35.5. The second-order valence-electron chi connectivity index (χ2n) is 2.90. The van der Waals surface area contributed by atoms with Crippen molar-refractivity contribution in [2.75, 3.05) is 0 Å². The predicted octanol–water partition coefficient (Wildman–Crippen LogP) is 2.94. The van der Waals surface area contributed by atoms with E-state index in [0.29, 0.717) is 0 Å². The lowest BCUT2D eigenvalue weighted by Gasteiger charge is -1.98. The van der Waals surface area contributed by atoms with Crippen LogP contribution < -0.4 is 0 Å². The molecule has 2 N–H and O–H groups in total. The number of imidazole rings is 1. The maximum Gasteiger partial charge on any atom is 0.449 e. The lowest BCUT2D eigenvalue weighted by atomic mass is 10.3. The molecule has 15 heavy (non-hydrogen) atoms. The molecule has 0 aliphatic carbocycles. The number of aromatic nitrogens is 2. The Bertz CT molecular complexity index is 481. The van der Waals surface area contributed by atoms with Gasteiger partial charge in [-0.1, -0.05) is 11.6 Å². The molecule has 1 aromatic heterocycles. The quantitative estimate of drug-likeness (QED) is 0.739. The van der Waals surface area contributed by atoms with Crippen LogP contribution >= 0.6 is 11.6 Å². The minimum Gasteiger partial charge on any atom is -0.506 e. The smallest absolute Gasteiger partial charge is 0.449 e. The van der Waals surface area contributed by atoms with E-state index < -0.39 is 12.0 Å². The average Bonchev–Trinajstić information content (AvgIpc) is 2.47. The molecule has 0 unspecified atom stereocenters. The van der Waals surface area contributed by atoms with Crippen LogP contribution in [-0.2, 0) is 6.18 Å². The lowest BCUT2D eigenvalue weighted by Crippen LogP contribution is -2.06. The van der Waals surface area contributed by atoms with Crippen molar-refractivity contribution in [3.63, 3.8) is 0 Å². The monoisotopic (exact) mass is 236 g/mol. The molecule has 80 valence electrons. The number of H-pyrrole nitrogens is 1. The van der Waals surface area contributed by atoms with E-state index in [2.05, 4.69) is 9.97 Å². The van der Waals surface area contributed by atoms with Crippen molar-refractivity contribution in [2.45, 2.75) is 6.18 Å². The van der Waals surface area contributed by atoms with Crippen LogP contribution in [0.15, 0.2) is 12.1 Å². The zero-order valence-electron chi connectivity index (χ0n) is 7.06. The molecule has 3 nitrogen and oxygen atoms in total. The van der Waals surface area contributed by atoms with Crippen LogP contribution in [0.1, 0.15) is 5.82 Å². The Morgan fingerprint density at radius 3 is 2.60 bits per heavy atom. The summed E-state index contributed by atoms with van der Waals surface area (Å²) < 4.78 is 36.7. The van der Waals surface area contributed by atoms with Gasteiger partial charge in [0.2, 0.25) is 5.82 Å². The van der Waals surface area contributed by atoms with Crippen LogP contribution in [0, 0.1) is 0 Å². The van der Waals surface area contributed by atoms with Crippen molar-refractivity contribution >= 4 is 22.6 Å². The maximum atomic E-state index is 12.2. The molecule has 0 saturated heterocycles. The van der Waals surface area contributed by atoms with Crippen molar-refractivity contribution < 1.29 is 18.3 Å². The van der Waals surface area contributed by atoms with Gasteiger partial charge in [0.05, 0.1) is 16.1 Å². The normalized spacial score (nSPS) is 12.3. The molecule has 0 fully saturated rings. The number of phenols is 1. The largest absolute Gasteiger partial charge is 0.506 e. The van der Waals surface area contributed by atoms with E-state index in [1.165, 1.54) is 6.07 Å². The van der Waals surface area contributed by atoms with Gasteiger partial charge in [0, 0.05) is 6.07 Å². The van der Waals surface area contributed by atoms with Crippen molar-refractivity contribution in [1.29, 1.82) is 0 Å². The van der Waals surface area contributed by atoms with Crippen LogP contribution in [0.5, 0.6) is 5.75 Å². The van der Waals surface area contributed by atoms with E-state index in [1.54, 1.807) is 0 Å². The Hall–Kier alpha value is -1.43. The highest BCUT2D eigenvalue weighted by molar-refractivity contribution is 6.32. The van der Waals surface area contributed by atoms with Gasteiger partial charge in [-0.3, -0.25) is 0 Å². The van der Waals surface area contributed by atoms with Gasteiger partial charge < -0.3 is 10.1 Å². The summed E-state index contributed by atoms with van der Waals surface area (Å²) >= 11 is 5.53. The number of alkyl halides is 3. The van der Waals surface area contributed by atoms with Gasteiger partial charge in [-0.15, -0.1) is 0 Å². The number of hydrogen-bond acceptors (Lipinski definition) is 2. The van der Waals surface area contributed by atoms with Crippen LogP contribution in [0.3, 0.4) is 0 Å². The highest BCUT2D eigenvalue weighted by Crippen LogP contribution is 2.32. The van der Waals surface area contributed by atoms with Gasteiger partial charge in [-0.2, -0.15) is 13.2 Å². The molecule has 1 aromatic carbocycles. The number of nitrogens with zero attached hydrogens (tertiary/aromatic N) is 1. The molecule has 7 heteroatoms. The summed E-state index contributed by atoms with van der Waals surface area (Å²) in [4.78, 5) is 5.36. The molecule has 0 radical (unpaired) electrons. The Labute approximate surface area is 86.5 Å². The molecule has 2 rings (SSSR count). The van der Waals surface area contributed by atoms with Gasteiger partial charge in [0.25, 0.3) is 0 Å². The Balaban J connectivity index is 2.66. The van der Waals surface area contributed by atoms with Gasteiger partial charge in [-0.05, 0) is 6.07 Å². The van der Waals surface area contributed by atoms with Crippen LogP contribution in [0.2, 0.25) is 5.02 Å². The summed E-state index contributed by atoms with van der Waals surface area (Å²) in [6, 6.07) is 2.26. The van der Waals surface area contributed by atoms with Crippen LogP contribution in [0.4, 0.5) is 13.2 Å². The Morgan fingerprint density at radius 2 is 2.00 bits per heavy atom. The number of aromatic hydroxyl groups is 1. The predicted molar refractivity (Wildman–Crippen MR) is 47.8 cm³/mol. The number of fused-ring (bicyclic) bond motifs is 1. The third kappa shape index (κ3) is 1.72. The molecule has 0 aliphatic rings. The van der Waals surface area contributed by atoms with Gasteiger partial charge >= 0.3 is 6.18 Å². The van der Waals surface area contributed by atoms with E-state index >= 15 is 0 Å². The average molecular weight is 237 g/mol. The standard InChI is InChI=1S/C8H4ClF3N2O/c9-3-1-4-5(2-6(3)15)14-7(13-4)8(10,11)12/h1-2,15H,(H,13,14). The molecule has 0 saturated carbocycles. The number of rotatable bonds is 0. The SMILES string of the molecule is Oc1cc2nc(C(F)(F)F)[nH]c2cc1Cl. The topological polar surface area (TPSA) is 48.9 Å². The van der Waals surface area contributed by atoms with Gasteiger partial charge in [0.15, 0.2) is 0 Å². The van der Waals surface area contributed by atoms with Crippen molar-refractivity contribution in [3.8, 4) is 5.75 Å². The second kappa shape index (κ2) is 3.03. The first-order valence-electron chi connectivity index (χ1n) is 3.83. The molecule has 2 aromatic rings. The van der Waals surface area contributed by atoms with Gasteiger partial charge in [0.1, 0.15) is 5.75 Å². The first-order valence-corrected chi connectivity index (χ1v) is 4.21. The van der Waals surface area contributed by atoms with Crippen molar-refractivity contribution in [1.82, 2.24) is 9.97 Å².